The van der Waals surface area contributed by atoms with Crippen LogP contribution in [0.3, 0.4) is 0 Å². The maximum atomic E-state index is 11.2. The lowest BCUT2D eigenvalue weighted by atomic mass is 10.2. The summed E-state index contributed by atoms with van der Waals surface area (Å²) in [5.74, 6) is 1.16. The van der Waals surface area contributed by atoms with Crippen LogP contribution in [-0.4, -0.2) is 47.0 Å². The summed E-state index contributed by atoms with van der Waals surface area (Å²) in [6, 6.07) is 11.5. The smallest absolute Gasteiger partial charge is 0.250 e. The van der Waals surface area contributed by atoms with Crippen molar-refractivity contribution in [3.63, 3.8) is 0 Å². The molecule has 0 bridgehead atoms. The zero-order chi connectivity index (χ0) is 18.1. The summed E-state index contributed by atoms with van der Waals surface area (Å²) in [5.41, 5.74) is 7.41. The van der Waals surface area contributed by atoms with Crippen LogP contribution in [0.25, 0.3) is 11.1 Å². The van der Waals surface area contributed by atoms with E-state index in [-0.39, 0.29) is 6.04 Å². The van der Waals surface area contributed by atoms with Crippen molar-refractivity contribution in [3.05, 3.63) is 54.0 Å². The number of amides is 1. The number of carbonyl (C=O) groups is 1. The third-order valence-electron chi connectivity index (χ3n) is 4.89. The first-order chi connectivity index (χ1) is 12.6. The highest BCUT2D eigenvalue weighted by atomic mass is 16.3. The molecule has 4 rings (SSSR count). The van der Waals surface area contributed by atoms with Gasteiger partial charge in [-0.25, -0.2) is 9.97 Å². The number of para-hydroxylation sites is 2. The zero-order valence-electron chi connectivity index (χ0n) is 14.6. The fourth-order valence-electron chi connectivity index (χ4n) is 3.28. The van der Waals surface area contributed by atoms with Crippen molar-refractivity contribution in [3.8, 4) is 0 Å². The third kappa shape index (κ3) is 3.13. The molecule has 1 amide bonds. The molecule has 1 saturated heterocycles. The number of aromatic nitrogens is 2. The normalized spacial score (nSPS) is 16.7. The van der Waals surface area contributed by atoms with Crippen molar-refractivity contribution in [1.29, 1.82) is 0 Å². The number of nitrogens with two attached hydrogens (primary N) is 1. The number of anilines is 1. The molecule has 1 aliphatic heterocycles. The second-order valence-electron chi connectivity index (χ2n) is 6.49. The molecule has 7 heteroatoms. The third-order valence-corrected chi connectivity index (χ3v) is 4.89. The Bertz CT molecular complexity index is 880. The molecule has 3 heterocycles. The molecule has 2 aromatic heterocycles. The van der Waals surface area contributed by atoms with E-state index in [1.165, 1.54) is 6.20 Å². The maximum Gasteiger partial charge on any atom is 0.250 e. The zero-order valence-corrected chi connectivity index (χ0v) is 14.6. The fraction of sp³-hybridized carbons (Fsp3) is 0.316. The van der Waals surface area contributed by atoms with Gasteiger partial charge < -0.3 is 15.1 Å². The molecule has 2 N–H and O–H groups in total. The molecule has 0 spiro atoms. The van der Waals surface area contributed by atoms with Gasteiger partial charge in [0.05, 0.1) is 11.6 Å². The monoisotopic (exact) mass is 351 g/mol. The van der Waals surface area contributed by atoms with Crippen molar-refractivity contribution < 1.29 is 9.21 Å². The van der Waals surface area contributed by atoms with Crippen LogP contribution >= 0.6 is 0 Å². The van der Waals surface area contributed by atoms with Crippen LogP contribution in [0.5, 0.6) is 0 Å². The number of oxazole rings is 1. The van der Waals surface area contributed by atoms with Crippen LogP contribution in [0.4, 0.5) is 5.82 Å². The van der Waals surface area contributed by atoms with Crippen molar-refractivity contribution in [2.24, 2.45) is 5.73 Å². The average molecular weight is 351 g/mol. The Labute approximate surface area is 151 Å². The summed E-state index contributed by atoms with van der Waals surface area (Å²) in [6.45, 7) is 5.61. The number of carbonyl (C=O) groups excluding carboxylic acids is 1. The number of rotatable bonds is 4. The highest BCUT2D eigenvalue weighted by molar-refractivity contribution is 5.92. The van der Waals surface area contributed by atoms with Gasteiger partial charge >= 0.3 is 0 Å². The van der Waals surface area contributed by atoms with Crippen LogP contribution in [-0.2, 0) is 0 Å². The summed E-state index contributed by atoms with van der Waals surface area (Å²) >= 11 is 0. The molecule has 134 valence electrons. The predicted molar refractivity (Wildman–Crippen MR) is 99.0 cm³/mol. The molecule has 3 aromatic rings. The molecule has 1 atom stereocenters. The summed E-state index contributed by atoms with van der Waals surface area (Å²) in [6.07, 6.45) is 1.53. The number of primary amides is 1. The van der Waals surface area contributed by atoms with E-state index in [1.54, 1.807) is 6.07 Å². The molecule has 1 aromatic carbocycles. The van der Waals surface area contributed by atoms with Gasteiger partial charge in [-0.2, -0.15) is 0 Å². The first-order valence-corrected chi connectivity index (χ1v) is 8.72. The number of hydrogen-bond acceptors (Lipinski definition) is 6. The van der Waals surface area contributed by atoms with Gasteiger partial charge in [-0.1, -0.05) is 12.1 Å². The van der Waals surface area contributed by atoms with E-state index in [1.807, 2.05) is 30.3 Å². The van der Waals surface area contributed by atoms with Gasteiger partial charge in [-0.3, -0.25) is 9.69 Å². The van der Waals surface area contributed by atoms with E-state index in [4.69, 9.17) is 10.2 Å². The summed E-state index contributed by atoms with van der Waals surface area (Å²) in [7, 11) is 0. The second-order valence-corrected chi connectivity index (χ2v) is 6.49. The van der Waals surface area contributed by atoms with Gasteiger partial charge in [0.25, 0.3) is 0 Å². The molecule has 0 aliphatic carbocycles. The van der Waals surface area contributed by atoms with Gasteiger partial charge in [-0.15, -0.1) is 0 Å². The van der Waals surface area contributed by atoms with Gasteiger partial charge in [-0.05, 0) is 31.2 Å². The molecule has 7 nitrogen and oxygen atoms in total. The minimum absolute atomic E-state index is 0.120. The Hall–Kier alpha value is -2.93. The number of benzene rings is 1. The van der Waals surface area contributed by atoms with Crippen LogP contribution in [0.15, 0.2) is 47.0 Å². The minimum atomic E-state index is -0.457. The standard InChI is InChI=1S/C19H21N5O2/c1-13(19-22-15-4-2-3-5-16(15)26-19)23-8-10-24(11-9-23)17-7-6-14(12-21-17)18(20)25/h2-7,12-13H,8-11H2,1H3,(H2,20,25). The second kappa shape index (κ2) is 6.76. The first-order valence-electron chi connectivity index (χ1n) is 8.72. The number of piperazine rings is 1. The molecule has 26 heavy (non-hydrogen) atoms. The largest absolute Gasteiger partial charge is 0.439 e. The van der Waals surface area contributed by atoms with Crippen LogP contribution in [0.2, 0.25) is 0 Å². The van der Waals surface area contributed by atoms with Crippen molar-refractivity contribution >= 4 is 22.8 Å². The highest BCUT2D eigenvalue weighted by Crippen LogP contribution is 2.25. The Morgan fingerprint density at radius 2 is 1.92 bits per heavy atom. The molecular formula is C19H21N5O2. The summed E-state index contributed by atoms with van der Waals surface area (Å²) in [5, 5.41) is 0. The van der Waals surface area contributed by atoms with Gasteiger partial charge in [0, 0.05) is 32.4 Å². The van der Waals surface area contributed by atoms with E-state index >= 15 is 0 Å². The van der Waals surface area contributed by atoms with Crippen LogP contribution in [0.1, 0.15) is 29.2 Å². The van der Waals surface area contributed by atoms with E-state index in [0.717, 1.165) is 49.0 Å². The van der Waals surface area contributed by atoms with E-state index < -0.39 is 5.91 Å². The van der Waals surface area contributed by atoms with E-state index in [2.05, 4.69) is 26.7 Å². The molecule has 0 saturated carbocycles. The van der Waals surface area contributed by atoms with Crippen molar-refractivity contribution in [2.45, 2.75) is 13.0 Å². The Balaban J connectivity index is 1.41. The van der Waals surface area contributed by atoms with Gasteiger partial charge in [0.2, 0.25) is 11.8 Å². The lowest BCUT2D eigenvalue weighted by Gasteiger charge is -2.37. The predicted octanol–water partition coefficient (Wildman–Crippen LogP) is 2.20. The number of nitrogens with zero attached hydrogens (tertiary/aromatic N) is 4. The Kier molecular flexibility index (Phi) is 4.30. The Morgan fingerprint density at radius 3 is 2.58 bits per heavy atom. The topological polar surface area (TPSA) is 88.5 Å². The molecule has 0 radical (unpaired) electrons. The van der Waals surface area contributed by atoms with Crippen molar-refractivity contribution in [2.75, 3.05) is 31.1 Å². The first kappa shape index (κ1) is 16.5. The average Bonchev–Trinajstić information content (AvgIpc) is 3.12. The molecular weight excluding hydrogens is 330 g/mol. The number of hydrogen-bond donors (Lipinski definition) is 1. The fourth-order valence-corrected chi connectivity index (χ4v) is 3.28. The summed E-state index contributed by atoms with van der Waals surface area (Å²) in [4.78, 5) is 24.7. The van der Waals surface area contributed by atoms with Gasteiger partial charge in [0.15, 0.2) is 5.58 Å². The quantitative estimate of drug-likeness (QED) is 0.775. The SMILES string of the molecule is CC(c1nc2ccccc2o1)N1CCN(c2ccc(C(N)=O)cn2)CC1. The lowest BCUT2D eigenvalue weighted by Crippen LogP contribution is -2.47. The minimum Gasteiger partial charge on any atom is -0.439 e. The molecule has 1 aliphatic rings. The van der Waals surface area contributed by atoms with E-state index in [9.17, 15) is 4.79 Å². The summed E-state index contributed by atoms with van der Waals surface area (Å²) < 4.78 is 5.91. The lowest BCUT2D eigenvalue weighted by molar-refractivity contribution is 0.1000. The molecule has 1 unspecified atom stereocenters. The van der Waals surface area contributed by atoms with Gasteiger partial charge in [0.1, 0.15) is 11.3 Å². The van der Waals surface area contributed by atoms with Crippen LogP contribution in [0, 0.1) is 0 Å². The number of fused-ring (bicyclic) bond motifs is 1. The van der Waals surface area contributed by atoms with Crippen LogP contribution < -0.4 is 10.6 Å². The van der Waals surface area contributed by atoms with Crippen molar-refractivity contribution in [1.82, 2.24) is 14.9 Å². The molecule has 1 fully saturated rings. The maximum absolute atomic E-state index is 11.2. The highest BCUT2D eigenvalue weighted by Gasteiger charge is 2.25. The Morgan fingerprint density at radius 1 is 1.15 bits per heavy atom. The van der Waals surface area contributed by atoms with E-state index in [0.29, 0.717) is 5.56 Å². The number of pyridine rings is 1.